The van der Waals surface area contributed by atoms with Gasteiger partial charge in [-0.1, -0.05) is 17.8 Å². The van der Waals surface area contributed by atoms with Crippen molar-refractivity contribution in [2.75, 3.05) is 0 Å². The summed E-state index contributed by atoms with van der Waals surface area (Å²) in [6.45, 7) is 1.87. The van der Waals surface area contributed by atoms with Crippen molar-refractivity contribution in [2.24, 2.45) is 0 Å². The zero-order valence-corrected chi connectivity index (χ0v) is 9.94. The second kappa shape index (κ2) is 4.97. The predicted molar refractivity (Wildman–Crippen MR) is 64.3 cm³/mol. The average Bonchev–Trinajstić information content (AvgIpc) is 2.32. The summed E-state index contributed by atoms with van der Waals surface area (Å²) in [4.78, 5) is 20.0. The molecule has 4 nitrogen and oxygen atoms in total. The Kier molecular flexibility index (Phi) is 3.39. The third-order valence-corrected chi connectivity index (χ3v) is 3.22. The Hall–Kier alpha value is -1.88. The van der Waals surface area contributed by atoms with E-state index in [0.717, 1.165) is 15.6 Å². The summed E-state index contributed by atoms with van der Waals surface area (Å²) in [5.74, 6) is -0.927. The molecule has 1 heterocycles. The van der Waals surface area contributed by atoms with E-state index in [0.29, 0.717) is 0 Å². The lowest BCUT2D eigenvalue weighted by molar-refractivity contribution is 0.0696. The van der Waals surface area contributed by atoms with Crippen LogP contribution in [0.4, 0.5) is 0 Å². The van der Waals surface area contributed by atoms with E-state index in [4.69, 9.17) is 5.11 Å². The molecule has 0 amide bonds. The Bertz CT molecular complexity index is 558. The third-order valence-electron chi connectivity index (χ3n) is 2.13. The van der Waals surface area contributed by atoms with E-state index < -0.39 is 5.97 Å². The summed E-state index contributed by atoms with van der Waals surface area (Å²) in [5.41, 5.74) is 1.11. The van der Waals surface area contributed by atoms with Crippen LogP contribution in [0.1, 0.15) is 16.1 Å². The monoisotopic (exact) mass is 246 g/mol. The number of carboxylic acids is 1. The molecule has 0 unspecified atom stereocenters. The van der Waals surface area contributed by atoms with Crippen LogP contribution in [0.5, 0.6) is 0 Å². The van der Waals surface area contributed by atoms with Crippen molar-refractivity contribution in [1.82, 2.24) is 9.97 Å². The molecule has 0 spiro atoms. The Morgan fingerprint density at radius 1 is 1.29 bits per heavy atom. The van der Waals surface area contributed by atoms with Gasteiger partial charge in [0.1, 0.15) is 5.03 Å². The molecule has 1 aromatic heterocycles. The van der Waals surface area contributed by atoms with Crippen LogP contribution in [0.25, 0.3) is 0 Å². The number of aromatic nitrogens is 2. The molecular formula is C12H10N2O2S. The van der Waals surface area contributed by atoms with Crippen molar-refractivity contribution in [3.63, 3.8) is 0 Å². The molecule has 86 valence electrons. The zero-order valence-electron chi connectivity index (χ0n) is 9.12. The Labute approximate surface area is 103 Å². The first-order valence-corrected chi connectivity index (χ1v) is 5.77. The molecule has 17 heavy (non-hydrogen) atoms. The molecule has 0 radical (unpaired) electrons. The SMILES string of the molecule is Cc1nccnc1Sc1cccc(C(=O)O)c1. The summed E-state index contributed by atoms with van der Waals surface area (Å²) in [6.07, 6.45) is 3.25. The minimum Gasteiger partial charge on any atom is -0.478 e. The van der Waals surface area contributed by atoms with Crippen LogP contribution in [0, 0.1) is 6.92 Å². The van der Waals surface area contributed by atoms with Gasteiger partial charge in [-0.3, -0.25) is 4.98 Å². The number of aryl methyl sites for hydroxylation is 1. The van der Waals surface area contributed by atoms with E-state index in [1.165, 1.54) is 11.8 Å². The molecule has 0 aliphatic carbocycles. The van der Waals surface area contributed by atoms with Gasteiger partial charge in [-0.25, -0.2) is 9.78 Å². The first-order chi connectivity index (χ1) is 8.16. The van der Waals surface area contributed by atoms with E-state index in [9.17, 15) is 4.79 Å². The van der Waals surface area contributed by atoms with Gasteiger partial charge in [0.2, 0.25) is 0 Å². The maximum atomic E-state index is 10.8. The lowest BCUT2D eigenvalue weighted by Crippen LogP contribution is -1.95. The number of benzene rings is 1. The normalized spacial score (nSPS) is 10.2. The molecule has 2 aromatic rings. The highest BCUT2D eigenvalue weighted by molar-refractivity contribution is 7.99. The molecule has 5 heteroatoms. The first kappa shape index (κ1) is 11.6. The number of hydrogen-bond donors (Lipinski definition) is 1. The van der Waals surface area contributed by atoms with E-state index in [1.54, 1.807) is 30.6 Å². The molecule has 2 rings (SSSR count). The Morgan fingerprint density at radius 3 is 2.76 bits per heavy atom. The maximum absolute atomic E-state index is 10.8. The fourth-order valence-electron chi connectivity index (χ4n) is 1.30. The Morgan fingerprint density at radius 2 is 2.06 bits per heavy atom. The van der Waals surface area contributed by atoms with E-state index in [1.807, 2.05) is 13.0 Å². The van der Waals surface area contributed by atoms with E-state index in [2.05, 4.69) is 9.97 Å². The molecule has 0 aliphatic rings. The molecule has 1 N–H and O–H groups in total. The van der Waals surface area contributed by atoms with Crippen molar-refractivity contribution in [1.29, 1.82) is 0 Å². The lowest BCUT2D eigenvalue weighted by atomic mass is 10.2. The molecule has 0 atom stereocenters. The minimum absolute atomic E-state index is 0.275. The second-order valence-corrected chi connectivity index (χ2v) is 4.44. The fraction of sp³-hybridized carbons (Fsp3) is 0.0833. The maximum Gasteiger partial charge on any atom is 0.335 e. The number of rotatable bonds is 3. The first-order valence-electron chi connectivity index (χ1n) is 4.95. The van der Waals surface area contributed by atoms with Gasteiger partial charge < -0.3 is 5.11 Å². The number of nitrogens with zero attached hydrogens (tertiary/aromatic N) is 2. The number of carboxylic acid groups (broad SMARTS) is 1. The zero-order chi connectivity index (χ0) is 12.3. The highest BCUT2D eigenvalue weighted by Crippen LogP contribution is 2.27. The summed E-state index contributed by atoms with van der Waals surface area (Å²) in [6, 6.07) is 6.76. The van der Waals surface area contributed by atoms with Crippen LogP contribution < -0.4 is 0 Å². The fourth-order valence-corrected chi connectivity index (χ4v) is 2.17. The van der Waals surface area contributed by atoms with Gasteiger partial charge in [0.15, 0.2) is 0 Å². The van der Waals surface area contributed by atoms with Crippen LogP contribution in [-0.2, 0) is 0 Å². The molecule has 0 aliphatic heterocycles. The predicted octanol–water partition coefficient (Wildman–Crippen LogP) is 2.63. The molecule has 0 fully saturated rings. The van der Waals surface area contributed by atoms with Gasteiger partial charge in [0.25, 0.3) is 0 Å². The van der Waals surface area contributed by atoms with E-state index in [-0.39, 0.29) is 5.56 Å². The number of hydrogen-bond acceptors (Lipinski definition) is 4. The molecule has 0 saturated carbocycles. The van der Waals surface area contributed by atoms with Gasteiger partial charge in [-0.05, 0) is 25.1 Å². The summed E-state index contributed by atoms with van der Waals surface area (Å²) in [7, 11) is 0. The molecular weight excluding hydrogens is 236 g/mol. The number of carbonyl (C=O) groups is 1. The van der Waals surface area contributed by atoms with Crippen LogP contribution in [0.2, 0.25) is 0 Å². The second-order valence-electron chi connectivity index (χ2n) is 3.38. The standard InChI is InChI=1S/C12H10N2O2S/c1-8-11(14-6-5-13-8)17-10-4-2-3-9(7-10)12(15)16/h2-7H,1H3,(H,15,16). The average molecular weight is 246 g/mol. The summed E-state index contributed by atoms with van der Waals surface area (Å²) >= 11 is 1.41. The van der Waals surface area contributed by atoms with Crippen molar-refractivity contribution >= 4 is 17.7 Å². The van der Waals surface area contributed by atoms with Crippen LogP contribution >= 0.6 is 11.8 Å². The summed E-state index contributed by atoms with van der Waals surface area (Å²) in [5, 5.41) is 9.68. The topological polar surface area (TPSA) is 63.1 Å². The van der Waals surface area contributed by atoms with Crippen LogP contribution in [0.3, 0.4) is 0 Å². The Balaban J connectivity index is 2.28. The number of aromatic carboxylic acids is 1. The quantitative estimate of drug-likeness (QED) is 0.902. The van der Waals surface area contributed by atoms with Crippen molar-refractivity contribution in [2.45, 2.75) is 16.8 Å². The highest BCUT2D eigenvalue weighted by atomic mass is 32.2. The van der Waals surface area contributed by atoms with Crippen LogP contribution in [0.15, 0.2) is 46.6 Å². The van der Waals surface area contributed by atoms with Gasteiger partial charge in [-0.2, -0.15) is 0 Å². The van der Waals surface area contributed by atoms with Crippen molar-refractivity contribution < 1.29 is 9.90 Å². The summed E-state index contributed by atoms with van der Waals surface area (Å²) < 4.78 is 0. The third kappa shape index (κ3) is 2.82. The van der Waals surface area contributed by atoms with Gasteiger partial charge in [0, 0.05) is 17.3 Å². The van der Waals surface area contributed by atoms with E-state index >= 15 is 0 Å². The van der Waals surface area contributed by atoms with Crippen molar-refractivity contribution in [3.05, 3.63) is 47.9 Å². The van der Waals surface area contributed by atoms with Crippen molar-refractivity contribution in [3.8, 4) is 0 Å². The van der Waals surface area contributed by atoms with Gasteiger partial charge in [0.05, 0.1) is 11.3 Å². The molecule has 0 saturated heterocycles. The molecule has 1 aromatic carbocycles. The minimum atomic E-state index is -0.927. The molecule has 0 bridgehead atoms. The largest absolute Gasteiger partial charge is 0.478 e. The highest BCUT2D eigenvalue weighted by Gasteiger charge is 2.06. The lowest BCUT2D eigenvalue weighted by Gasteiger charge is -2.03. The van der Waals surface area contributed by atoms with Crippen LogP contribution in [-0.4, -0.2) is 21.0 Å². The van der Waals surface area contributed by atoms with Gasteiger partial charge >= 0.3 is 5.97 Å². The van der Waals surface area contributed by atoms with Gasteiger partial charge in [-0.15, -0.1) is 0 Å². The smallest absolute Gasteiger partial charge is 0.335 e.